The van der Waals surface area contributed by atoms with E-state index in [1.54, 1.807) is 43.6 Å². The number of nitrogens with one attached hydrogen (secondary N) is 1. The number of carbonyl (C=O) groups is 2. The molecule has 2 aromatic carbocycles. The third kappa shape index (κ3) is 4.11. The average Bonchev–Trinajstić information content (AvgIpc) is 3.03. The molecule has 6 nitrogen and oxygen atoms in total. The minimum absolute atomic E-state index is 0.191. The van der Waals surface area contributed by atoms with Gasteiger partial charge in [-0.3, -0.25) is 9.48 Å². The number of rotatable bonds is 4. The lowest BCUT2D eigenvalue weighted by atomic mass is 10.1. The molecule has 1 N–H and O–H groups in total. The normalized spacial score (nSPS) is 10.3. The number of hydrogen-bond donors (Lipinski definition) is 1. The standard InChI is InChI=1S/C19H17N3O3/c1-13-4-3-5-14(10-13)18(23)21-16-6-8-17(9-7-16)25-19(24)15-11-20-22(2)12-15/h3-12H,1-2H3,(H,21,23). The molecule has 0 spiro atoms. The molecule has 126 valence electrons. The lowest BCUT2D eigenvalue weighted by Crippen LogP contribution is -2.12. The van der Waals surface area contributed by atoms with Crippen molar-refractivity contribution in [1.29, 1.82) is 0 Å². The number of hydrogen-bond acceptors (Lipinski definition) is 4. The number of amides is 1. The number of aryl methyl sites for hydroxylation is 2. The van der Waals surface area contributed by atoms with E-state index in [4.69, 9.17) is 4.74 Å². The molecule has 0 radical (unpaired) electrons. The van der Waals surface area contributed by atoms with Crippen LogP contribution < -0.4 is 10.1 Å². The summed E-state index contributed by atoms with van der Waals surface area (Å²) >= 11 is 0. The number of carbonyl (C=O) groups excluding carboxylic acids is 2. The Morgan fingerprint density at radius 3 is 2.48 bits per heavy atom. The van der Waals surface area contributed by atoms with E-state index in [0.717, 1.165) is 5.56 Å². The van der Waals surface area contributed by atoms with E-state index in [9.17, 15) is 9.59 Å². The van der Waals surface area contributed by atoms with Crippen molar-refractivity contribution in [3.63, 3.8) is 0 Å². The molecule has 3 rings (SSSR count). The topological polar surface area (TPSA) is 73.2 Å². The summed E-state index contributed by atoms with van der Waals surface area (Å²) in [4.78, 5) is 24.2. The number of esters is 1. The summed E-state index contributed by atoms with van der Waals surface area (Å²) < 4.78 is 6.80. The molecule has 1 heterocycles. The van der Waals surface area contributed by atoms with E-state index in [-0.39, 0.29) is 5.91 Å². The SMILES string of the molecule is Cc1cccc(C(=O)Nc2ccc(OC(=O)c3cnn(C)c3)cc2)c1. The van der Waals surface area contributed by atoms with Gasteiger partial charge >= 0.3 is 5.97 Å². The minimum Gasteiger partial charge on any atom is -0.423 e. The number of nitrogens with zero attached hydrogens (tertiary/aromatic N) is 2. The van der Waals surface area contributed by atoms with Crippen LogP contribution in [0.15, 0.2) is 60.9 Å². The summed E-state index contributed by atoms with van der Waals surface area (Å²) in [7, 11) is 1.72. The molecule has 0 saturated carbocycles. The van der Waals surface area contributed by atoms with Gasteiger partial charge in [0.15, 0.2) is 0 Å². The molecule has 0 aliphatic rings. The van der Waals surface area contributed by atoms with Crippen molar-refractivity contribution in [3.05, 3.63) is 77.6 Å². The number of aromatic nitrogens is 2. The van der Waals surface area contributed by atoms with Crippen molar-refractivity contribution in [1.82, 2.24) is 9.78 Å². The fourth-order valence-corrected chi connectivity index (χ4v) is 2.29. The Kier molecular flexibility index (Phi) is 4.61. The molecule has 1 aromatic heterocycles. The molecule has 0 saturated heterocycles. The summed E-state index contributed by atoms with van der Waals surface area (Å²) in [5, 5.41) is 6.74. The smallest absolute Gasteiger partial charge is 0.346 e. The number of anilines is 1. The Balaban J connectivity index is 1.64. The highest BCUT2D eigenvalue weighted by molar-refractivity contribution is 6.04. The highest BCUT2D eigenvalue weighted by atomic mass is 16.5. The van der Waals surface area contributed by atoms with Crippen LogP contribution in [0.3, 0.4) is 0 Å². The first-order chi connectivity index (χ1) is 12.0. The second kappa shape index (κ2) is 7.00. The van der Waals surface area contributed by atoms with Crippen molar-refractivity contribution < 1.29 is 14.3 Å². The highest BCUT2D eigenvalue weighted by Gasteiger charge is 2.11. The van der Waals surface area contributed by atoms with Gasteiger partial charge in [0.05, 0.1) is 11.8 Å². The van der Waals surface area contributed by atoms with E-state index in [1.807, 2.05) is 25.1 Å². The molecule has 0 fully saturated rings. The van der Waals surface area contributed by atoms with Gasteiger partial charge in [0, 0.05) is 24.5 Å². The zero-order chi connectivity index (χ0) is 17.8. The van der Waals surface area contributed by atoms with Crippen LogP contribution in [0.1, 0.15) is 26.3 Å². The van der Waals surface area contributed by atoms with Crippen LogP contribution in [0.25, 0.3) is 0 Å². The van der Waals surface area contributed by atoms with Crippen molar-refractivity contribution >= 4 is 17.6 Å². The van der Waals surface area contributed by atoms with Gasteiger partial charge in [-0.15, -0.1) is 0 Å². The number of benzene rings is 2. The fraction of sp³-hybridized carbons (Fsp3) is 0.105. The average molecular weight is 335 g/mol. The highest BCUT2D eigenvalue weighted by Crippen LogP contribution is 2.18. The second-order valence-corrected chi connectivity index (χ2v) is 5.64. The van der Waals surface area contributed by atoms with E-state index in [1.165, 1.54) is 10.9 Å². The van der Waals surface area contributed by atoms with Crippen LogP contribution in [-0.4, -0.2) is 21.7 Å². The Hall–Kier alpha value is -3.41. The second-order valence-electron chi connectivity index (χ2n) is 5.64. The van der Waals surface area contributed by atoms with Crippen LogP contribution >= 0.6 is 0 Å². The first-order valence-electron chi connectivity index (χ1n) is 7.70. The summed E-state index contributed by atoms with van der Waals surface area (Å²) in [5.41, 5.74) is 2.60. The predicted molar refractivity (Wildman–Crippen MR) is 93.7 cm³/mol. The minimum atomic E-state index is -0.482. The molecule has 1 amide bonds. The lowest BCUT2D eigenvalue weighted by Gasteiger charge is -2.07. The zero-order valence-electron chi connectivity index (χ0n) is 13.9. The van der Waals surface area contributed by atoms with E-state index >= 15 is 0 Å². The van der Waals surface area contributed by atoms with Crippen molar-refractivity contribution in [3.8, 4) is 5.75 Å². The Bertz CT molecular complexity index is 914. The Labute approximate surface area is 145 Å². The first kappa shape index (κ1) is 16.4. The van der Waals surface area contributed by atoms with Crippen LogP contribution in [0.4, 0.5) is 5.69 Å². The maximum absolute atomic E-state index is 12.2. The molecule has 0 aliphatic heterocycles. The van der Waals surface area contributed by atoms with Crippen LogP contribution in [-0.2, 0) is 7.05 Å². The maximum Gasteiger partial charge on any atom is 0.346 e. The van der Waals surface area contributed by atoms with Gasteiger partial charge in [-0.1, -0.05) is 17.7 Å². The van der Waals surface area contributed by atoms with Gasteiger partial charge in [-0.2, -0.15) is 5.10 Å². The zero-order valence-corrected chi connectivity index (χ0v) is 13.9. The van der Waals surface area contributed by atoms with Crippen molar-refractivity contribution in [2.75, 3.05) is 5.32 Å². The molecule has 0 aliphatic carbocycles. The maximum atomic E-state index is 12.2. The largest absolute Gasteiger partial charge is 0.423 e. The third-order valence-electron chi connectivity index (χ3n) is 3.54. The summed E-state index contributed by atoms with van der Waals surface area (Å²) in [6, 6.07) is 14.0. The lowest BCUT2D eigenvalue weighted by molar-refractivity contribution is 0.0734. The molecule has 6 heteroatoms. The summed E-state index contributed by atoms with van der Waals surface area (Å²) in [6.07, 6.45) is 3.03. The molecular formula is C19H17N3O3. The van der Waals surface area contributed by atoms with E-state index in [2.05, 4.69) is 10.4 Å². The van der Waals surface area contributed by atoms with Crippen LogP contribution in [0, 0.1) is 6.92 Å². The van der Waals surface area contributed by atoms with Gasteiger partial charge < -0.3 is 10.1 Å². The summed E-state index contributed by atoms with van der Waals surface area (Å²) in [6.45, 7) is 1.93. The predicted octanol–water partition coefficient (Wildman–Crippen LogP) is 3.20. The molecule has 0 unspecified atom stereocenters. The summed E-state index contributed by atoms with van der Waals surface area (Å²) in [5.74, 6) is -0.282. The van der Waals surface area contributed by atoms with Crippen LogP contribution in [0.5, 0.6) is 5.75 Å². The molecular weight excluding hydrogens is 318 g/mol. The van der Waals surface area contributed by atoms with Crippen LogP contribution in [0.2, 0.25) is 0 Å². The van der Waals surface area contributed by atoms with Gasteiger partial charge in [0.25, 0.3) is 5.91 Å². The molecule has 0 atom stereocenters. The Morgan fingerprint density at radius 1 is 1.08 bits per heavy atom. The first-order valence-corrected chi connectivity index (χ1v) is 7.70. The molecule has 0 bridgehead atoms. The van der Waals surface area contributed by atoms with Crippen molar-refractivity contribution in [2.24, 2.45) is 7.05 Å². The third-order valence-corrected chi connectivity index (χ3v) is 3.54. The van der Waals surface area contributed by atoms with Gasteiger partial charge in [-0.25, -0.2) is 4.79 Å². The van der Waals surface area contributed by atoms with Gasteiger partial charge in [-0.05, 0) is 43.3 Å². The quantitative estimate of drug-likeness (QED) is 0.587. The van der Waals surface area contributed by atoms with Gasteiger partial charge in [0.1, 0.15) is 5.75 Å². The van der Waals surface area contributed by atoms with Crippen molar-refractivity contribution in [2.45, 2.75) is 6.92 Å². The van der Waals surface area contributed by atoms with E-state index in [0.29, 0.717) is 22.6 Å². The number of ether oxygens (including phenoxy) is 1. The monoisotopic (exact) mass is 335 g/mol. The molecule has 3 aromatic rings. The molecule has 25 heavy (non-hydrogen) atoms. The Morgan fingerprint density at radius 2 is 1.84 bits per heavy atom. The fourth-order valence-electron chi connectivity index (χ4n) is 2.29. The van der Waals surface area contributed by atoms with E-state index < -0.39 is 5.97 Å². The van der Waals surface area contributed by atoms with Gasteiger partial charge in [0.2, 0.25) is 0 Å².